The largest absolute Gasteiger partial charge is 0.444 e. The first-order chi connectivity index (χ1) is 15.0. The van der Waals surface area contributed by atoms with Gasteiger partial charge in [-0.05, 0) is 60.2 Å². The molecule has 0 aromatic carbocycles. The molecule has 1 saturated heterocycles. The zero-order valence-corrected chi connectivity index (χ0v) is 20.8. The standard InChI is InChI=1S/C23H41N7O2/c1-8-24-20(27-17-23(5,6)28-21(31)32-22(2,3)4)26-16-18-9-10-19(25-15-18)30-13-11-29(7)12-14-30/h9-10,15H,8,11-14,16-17H2,1-7H3,(H,28,31)(H2,24,26,27). The number of guanidine groups is 1. The summed E-state index contributed by atoms with van der Waals surface area (Å²) in [5.74, 6) is 1.71. The van der Waals surface area contributed by atoms with Gasteiger partial charge >= 0.3 is 6.09 Å². The summed E-state index contributed by atoms with van der Waals surface area (Å²) in [6.45, 7) is 17.3. The highest BCUT2D eigenvalue weighted by atomic mass is 16.6. The molecule has 1 aromatic heterocycles. The van der Waals surface area contributed by atoms with Crippen LogP contribution in [0.4, 0.5) is 10.6 Å². The van der Waals surface area contributed by atoms with Crippen LogP contribution in [-0.4, -0.2) is 79.4 Å². The third-order valence-electron chi connectivity index (χ3n) is 4.94. The number of carbonyl (C=O) groups is 1. The Morgan fingerprint density at radius 3 is 2.38 bits per heavy atom. The lowest BCUT2D eigenvalue weighted by Crippen LogP contribution is -2.54. The maximum atomic E-state index is 12.1. The molecule has 1 fully saturated rings. The first-order valence-electron chi connectivity index (χ1n) is 11.4. The number of aliphatic imine (C=N–C) groups is 1. The summed E-state index contributed by atoms with van der Waals surface area (Å²) in [5, 5.41) is 9.45. The maximum absolute atomic E-state index is 12.1. The van der Waals surface area contributed by atoms with Crippen LogP contribution in [0, 0.1) is 0 Å². The quantitative estimate of drug-likeness (QED) is 0.436. The summed E-state index contributed by atoms with van der Waals surface area (Å²) in [6.07, 6.45) is 1.46. The average molecular weight is 448 g/mol. The van der Waals surface area contributed by atoms with E-state index in [0.717, 1.165) is 44.1 Å². The van der Waals surface area contributed by atoms with Crippen LogP contribution in [0.3, 0.4) is 0 Å². The Balaban J connectivity index is 1.89. The molecule has 32 heavy (non-hydrogen) atoms. The molecule has 1 amide bonds. The van der Waals surface area contributed by atoms with Gasteiger partial charge in [0.15, 0.2) is 5.96 Å². The van der Waals surface area contributed by atoms with Crippen LogP contribution in [-0.2, 0) is 11.3 Å². The molecule has 3 N–H and O–H groups in total. The minimum Gasteiger partial charge on any atom is -0.444 e. The van der Waals surface area contributed by atoms with Crippen molar-refractivity contribution in [2.45, 2.75) is 59.2 Å². The molecule has 2 rings (SSSR count). The van der Waals surface area contributed by atoms with Gasteiger partial charge in [-0.15, -0.1) is 0 Å². The number of carbonyl (C=O) groups excluding carboxylic acids is 1. The molecular formula is C23H41N7O2. The first-order valence-corrected chi connectivity index (χ1v) is 11.4. The third-order valence-corrected chi connectivity index (χ3v) is 4.94. The van der Waals surface area contributed by atoms with E-state index in [2.05, 4.69) is 54.9 Å². The van der Waals surface area contributed by atoms with E-state index in [1.165, 1.54) is 0 Å². The lowest BCUT2D eigenvalue weighted by molar-refractivity contribution is 0.0474. The van der Waals surface area contributed by atoms with Crippen LogP contribution in [0.2, 0.25) is 0 Å². The second-order valence-electron chi connectivity index (χ2n) is 9.87. The Morgan fingerprint density at radius 1 is 1.12 bits per heavy atom. The molecule has 0 unspecified atom stereocenters. The van der Waals surface area contributed by atoms with Crippen LogP contribution in [0.5, 0.6) is 0 Å². The molecule has 9 nitrogen and oxygen atoms in total. The first kappa shape index (κ1) is 25.7. The summed E-state index contributed by atoms with van der Waals surface area (Å²) < 4.78 is 5.36. The monoisotopic (exact) mass is 447 g/mol. The number of amides is 1. The Hall–Kier alpha value is -2.55. The average Bonchev–Trinajstić information content (AvgIpc) is 2.69. The van der Waals surface area contributed by atoms with E-state index in [1.807, 2.05) is 47.7 Å². The molecular weight excluding hydrogens is 406 g/mol. The van der Waals surface area contributed by atoms with Crippen LogP contribution in [0.15, 0.2) is 23.3 Å². The highest BCUT2D eigenvalue weighted by molar-refractivity contribution is 5.80. The lowest BCUT2D eigenvalue weighted by atomic mass is 10.1. The highest BCUT2D eigenvalue weighted by Crippen LogP contribution is 2.14. The van der Waals surface area contributed by atoms with Crippen molar-refractivity contribution in [3.63, 3.8) is 0 Å². The lowest BCUT2D eigenvalue weighted by Gasteiger charge is -2.33. The maximum Gasteiger partial charge on any atom is 0.408 e. The molecule has 0 saturated carbocycles. The van der Waals surface area contributed by atoms with Gasteiger partial charge in [-0.3, -0.25) is 0 Å². The van der Waals surface area contributed by atoms with Crippen LogP contribution in [0.1, 0.15) is 47.1 Å². The number of nitrogens with zero attached hydrogens (tertiary/aromatic N) is 4. The summed E-state index contributed by atoms with van der Waals surface area (Å²) in [5.41, 5.74) is 0.00789. The summed E-state index contributed by atoms with van der Waals surface area (Å²) in [6, 6.07) is 4.16. The molecule has 0 atom stereocenters. The van der Waals surface area contributed by atoms with Crippen molar-refractivity contribution in [1.29, 1.82) is 0 Å². The van der Waals surface area contributed by atoms with Crippen molar-refractivity contribution in [3.05, 3.63) is 23.9 Å². The molecule has 0 bridgehead atoms. The van der Waals surface area contributed by atoms with E-state index in [1.54, 1.807) is 0 Å². The van der Waals surface area contributed by atoms with Gasteiger partial charge in [0, 0.05) is 45.5 Å². The number of likely N-dealkylation sites (N-methyl/N-ethyl adjacent to an activating group) is 1. The molecule has 0 spiro atoms. The number of nitrogens with one attached hydrogen (secondary N) is 3. The van der Waals surface area contributed by atoms with Gasteiger partial charge in [0.25, 0.3) is 0 Å². The van der Waals surface area contributed by atoms with Crippen LogP contribution < -0.4 is 20.9 Å². The van der Waals surface area contributed by atoms with Crippen molar-refractivity contribution in [1.82, 2.24) is 25.8 Å². The summed E-state index contributed by atoms with van der Waals surface area (Å²) in [7, 11) is 2.15. The van der Waals surface area contributed by atoms with E-state index in [0.29, 0.717) is 19.0 Å². The second kappa shape index (κ2) is 11.4. The Kier molecular flexibility index (Phi) is 9.12. The number of pyridine rings is 1. The van der Waals surface area contributed by atoms with E-state index in [9.17, 15) is 4.79 Å². The smallest absolute Gasteiger partial charge is 0.408 e. The summed E-state index contributed by atoms with van der Waals surface area (Å²) >= 11 is 0. The summed E-state index contributed by atoms with van der Waals surface area (Å²) in [4.78, 5) is 26.0. The van der Waals surface area contributed by atoms with Crippen molar-refractivity contribution in [2.75, 3.05) is 51.2 Å². The highest BCUT2D eigenvalue weighted by Gasteiger charge is 2.24. The fraction of sp³-hybridized carbons (Fsp3) is 0.696. The molecule has 2 heterocycles. The molecule has 1 aliphatic rings. The van der Waals surface area contributed by atoms with Gasteiger partial charge in [-0.2, -0.15) is 0 Å². The van der Waals surface area contributed by atoms with Crippen molar-refractivity contribution < 1.29 is 9.53 Å². The van der Waals surface area contributed by atoms with Crippen LogP contribution >= 0.6 is 0 Å². The normalized spacial score (nSPS) is 16.0. The van der Waals surface area contributed by atoms with Gasteiger partial charge in [0.05, 0.1) is 12.1 Å². The Labute approximate surface area is 193 Å². The minimum absolute atomic E-state index is 0.433. The van der Waals surface area contributed by atoms with Crippen LogP contribution in [0.25, 0.3) is 0 Å². The van der Waals surface area contributed by atoms with Crippen molar-refractivity contribution in [2.24, 2.45) is 4.99 Å². The number of aromatic nitrogens is 1. The van der Waals surface area contributed by atoms with Gasteiger partial charge in [0.1, 0.15) is 11.4 Å². The number of hydrogen-bond donors (Lipinski definition) is 3. The van der Waals surface area contributed by atoms with E-state index in [-0.39, 0.29) is 0 Å². The zero-order valence-electron chi connectivity index (χ0n) is 20.8. The van der Waals surface area contributed by atoms with Crippen molar-refractivity contribution in [3.8, 4) is 0 Å². The van der Waals surface area contributed by atoms with Gasteiger partial charge in [0.2, 0.25) is 0 Å². The van der Waals surface area contributed by atoms with E-state index >= 15 is 0 Å². The fourth-order valence-corrected chi connectivity index (χ4v) is 3.17. The number of ether oxygens (including phenoxy) is 1. The molecule has 1 aliphatic heterocycles. The van der Waals surface area contributed by atoms with E-state index < -0.39 is 17.2 Å². The molecule has 0 aliphatic carbocycles. The number of hydrogen-bond acceptors (Lipinski definition) is 6. The number of rotatable bonds is 7. The zero-order chi connectivity index (χ0) is 23.8. The second-order valence-corrected chi connectivity index (χ2v) is 9.87. The molecule has 0 radical (unpaired) electrons. The topological polar surface area (TPSA) is 94.1 Å². The van der Waals surface area contributed by atoms with Crippen molar-refractivity contribution >= 4 is 17.9 Å². The fourth-order valence-electron chi connectivity index (χ4n) is 3.17. The van der Waals surface area contributed by atoms with E-state index in [4.69, 9.17) is 4.74 Å². The molecule has 1 aromatic rings. The predicted molar refractivity (Wildman–Crippen MR) is 130 cm³/mol. The SMILES string of the molecule is CCNC(=NCc1ccc(N2CCN(C)CC2)nc1)NCC(C)(C)NC(=O)OC(C)(C)C. The van der Waals surface area contributed by atoms with Gasteiger partial charge in [-0.25, -0.2) is 14.8 Å². The Bertz CT molecular complexity index is 749. The van der Waals surface area contributed by atoms with Gasteiger partial charge < -0.3 is 30.5 Å². The number of anilines is 1. The number of alkyl carbamates (subject to hydrolysis) is 1. The minimum atomic E-state index is -0.530. The number of piperazine rings is 1. The van der Waals surface area contributed by atoms with Gasteiger partial charge in [-0.1, -0.05) is 6.07 Å². The predicted octanol–water partition coefficient (Wildman–Crippen LogP) is 2.19. The third kappa shape index (κ3) is 9.30. The molecule has 180 valence electrons. The molecule has 9 heteroatoms. The Morgan fingerprint density at radius 2 is 1.81 bits per heavy atom.